The molecule has 5 rings (SSSR count). The van der Waals surface area contributed by atoms with E-state index in [0.717, 1.165) is 33.7 Å². The van der Waals surface area contributed by atoms with Crippen molar-refractivity contribution < 1.29 is 9.13 Å². The van der Waals surface area contributed by atoms with Crippen LogP contribution in [0.3, 0.4) is 0 Å². The van der Waals surface area contributed by atoms with E-state index in [-0.39, 0.29) is 5.82 Å². The van der Waals surface area contributed by atoms with E-state index < -0.39 is 0 Å². The summed E-state index contributed by atoms with van der Waals surface area (Å²) in [6.07, 6.45) is 9.21. The summed E-state index contributed by atoms with van der Waals surface area (Å²) in [6, 6.07) is 3.13. The third-order valence-electron chi connectivity index (χ3n) is 5.02. The second kappa shape index (κ2) is 6.56. The molecular formula is C20H17FN6O. The molecule has 4 heterocycles. The van der Waals surface area contributed by atoms with Gasteiger partial charge in [0.2, 0.25) is 5.95 Å². The van der Waals surface area contributed by atoms with E-state index in [2.05, 4.69) is 25.3 Å². The van der Waals surface area contributed by atoms with Crippen LogP contribution in [0, 0.1) is 12.7 Å². The van der Waals surface area contributed by atoms with Crippen LogP contribution in [0.2, 0.25) is 0 Å². The summed E-state index contributed by atoms with van der Waals surface area (Å²) in [7, 11) is 0. The van der Waals surface area contributed by atoms with Crippen molar-refractivity contribution in [3.8, 4) is 16.9 Å². The zero-order chi connectivity index (χ0) is 19.1. The molecule has 0 amide bonds. The number of halogens is 1. The fourth-order valence-electron chi connectivity index (χ4n) is 3.58. The number of nitrogens with one attached hydrogen (secondary N) is 1. The van der Waals surface area contributed by atoms with Gasteiger partial charge in [0.25, 0.3) is 0 Å². The Morgan fingerprint density at radius 2 is 2.07 bits per heavy atom. The van der Waals surface area contributed by atoms with Crippen LogP contribution < -0.4 is 10.1 Å². The molecule has 0 bridgehead atoms. The lowest BCUT2D eigenvalue weighted by Gasteiger charge is -2.13. The van der Waals surface area contributed by atoms with Crippen LogP contribution in [0.15, 0.2) is 43.4 Å². The van der Waals surface area contributed by atoms with Gasteiger partial charge in [-0.15, -0.1) is 0 Å². The standard InChI is InChI=1S/C20H17FN6O/c1-12-14(6-22-10-26-12)16-8-25-20(27-11-23-9-18(16)27)24-7-15-13-4-5-28-19(13)3-2-17(15)21/h2-3,6,8-11H,4-5,7H2,1H3,(H,24,25). The third kappa shape index (κ3) is 2.65. The second-order valence-corrected chi connectivity index (χ2v) is 6.62. The molecule has 4 aromatic rings. The van der Waals surface area contributed by atoms with Crippen molar-refractivity contribution in [2.24, 2.45) is 0 Å². The molecule has 0 saturated heterocycles. The molecule has 1 aliphatic heterocycles. The molecule has 0 fully saturated rings. The second-order valence-electron chi connectivity index (χ2n) is 6.62. The molecule has 0 aliphatic carbocycles. The zero-order valence-corrected chi connectivity index (χ0v) is 15.2. The molecule has 1 N–H and O–H groups in total. The summed E-state index contributed by atoms with van der Waals surface area (Å²) in [6.45, 7) is 2.82. The number of hydrogen-bond acceptors (Lipinski definition) is 6. The van der Waals surface area contributed by atoms with E-state index in [4.69, 9.17) is 4.74 Å². The minimum Gasteiger partial charge on any atom is -0.493 e. The lowest BCUT2D eigenvalue weighted by atomic mass is 10.0. The average molecular weight is 376 g/mol. The highest BCUT2D eigenvalue weighted by atomic mass is 19.1. The Morgan fingerprint density at radius 3 is 2.96 bits per heavy atom. The number of benzene rings is 1. The van der Waals surface area contributed by atoms with Crippen molar-refractivity contribution in [3.63, 3.8) is 0 Å². The molecule has 0 unspecified atom stereocenters. The molecule has 1 aromatic carbocycles. The molecule has 1 aliphatic rings. The number of ether oxygens (including phenoxy) is 1. The molecular weight excluding hydrogens is 359 g/mol. The number of fused-ring (bicyclic) bond motifs is 2. The Hall–Kier alpha value is -3.55. The maximum atomic E-state index is 14.4. The Kier molecular flexibility index (Phi) is 3.89. The first kappa shape index (κ1) is 16.6. The summed E-state index contributed by atoms with van der Waals surface area (Å²) in [4.78, 5) is 17.2. The predicted molar refractivity (Wildman–Crippen MR) is 102 cm³/mol. The van der Waals surface area contributed by atoms with E-state index >= 15 is 0 Å². The molecule has 140 valence electrons. The Labute approximate surface area is 160 Å². The van der Waals surface area contributed by atoms with E-state index in [9.17, 15) is 4.39 Å². The number of nitrogens with zero attached hydrogens (tertiary/aromatic N) is 5. The Bertz CT molecular complexity index is 1190. The summed E-state index contributed by atoms with van der Waals surface area (Å²) >= 11 is 0. The van der Waals surface area contributed by atoms with Gasteiger partial charge in [0.15, 0.2) is 0 Å². The first-order valence-electron chi connectivity index (χ1n) is 8.97. The van der Waals surface area contributed by atoms with Crippen LogP contribution in [-0.2, 0) is 13.0 Å². The Morgan fingerprint density at radius 1 is 1.14 bits per heavy atom. The summed E-state index contributed by atoms with van der Waals surface area (Å²) in [5, 5.41) is 3.24. The lowest BCUT2D eigenvalue weighted by molar-refractivity contribution is 0.356. The molecule has 0 saturated carbocycles. The first-order chi connectivity index (χ1) is 13.7. The monoisotopic (exact) mass is 376 g/mol. The molecule has 0 atom stereocenters. The number of hydrogen-bond donors (Lipinski definition) is 1. The van der Waals surface area contributed by atoms with Gasteiger partial charge < -0.3 is 10.1 Å². The van der Waals surface area contributed by atoms with Crippen LogP contribution in [0.25, 0.3) is 16.6 Å². The van der Waals surface area contributed by atoms with Gasteiger partial charge in [0, 0.05) is 53.3 Å². The van der Waals surface area contributed by atoms with Crippen LogP contribution >= 0.6 is 0 Å². The van der Waals surface area contributed by atoms with Crippen molar-refractivity contribution >= 4 is 11.5 Å². The fraction of sp³-hybridized carbons (Fsp3) is 0.200. The predicted octanol–water partition coefficient (Wildman–Crippen LogP) is 3.18. The van der Waals surface area contributed by atoms with Crippen LogP contribution in [0.1, 0.15) is 16.8 Å². The number of rotatable bonds is 4. The largest absolute Gasteiger partial charge is 0.493 e. The SMILES string of the molecule is Cc1ncncc1-c1cnc(NCc2c(F)ccc3c2CCO3)n2cncc12. The summed E-state index contributed by atoms with van der Waals surface area (Å²) < 4.78 is 21.8. The van der Waals surface area contributed by atoms with Crippen molar-refractivity contribution in [1.29, 1.82) is 0 Å². The molecule has 0 radical (unpaired) electrons. The van der Waals surface area contributed by atoms with Gasteiger partial charge in [0.05, 0.1) is 18.3 Å². The molecule has 0 spiro atoms. The summed E-state index contributed by atoms with van der Waals surface area (Å²) in [5.74, 6) is 1.10. The topological polar surface area (TPSA) is 77.2 Å². The van der Waals surface area contributed by atoms with Gasteiger partial charge >= 0.3 is 0 Å². The van der Waals surface area contributed by atoms with Crippen LogP contribution in [-0.4, -0.2) is 30.9 Å². The highest BCUT2D eigenvalue weighted by Gasteiger charge is 2.20. The van der Waals surface area contributed by atoms with Gasteiger partial charge in [-0.25, -0.2) is 24.3 Å². The molecule has 8 heteroatoms. The van der Waals surface area contributed by atoms with E-state index in [0.29, 0.717) is 31.1 Å². The number of anilines is 1. The number of imidazole rings is 1. The van der Waals surface area contributed by atoms with Gasteiger partial charge in [-0.3, -0.25) is 4.40 Å². The highest BCUT2D eigenvalue weighted by Crippen LogP contribution is 2.31. The van der Waals surface area contributed by atoms with Crippen molar-refractivity contribution in [3.05, 3.63) is 66.0 Å². The third-order valence-corrected chi connectivity index (χ3v) is 5.02. The fourth-order valence-corrected chi connectivity index (χ4v) is 3.58. The maximum Gasteiger partial charge on any atom is 0.208 e. The zero-order valence-electron chi connectivity index (χ0n) is 15.2. The summed E-state index contributed by atoms with van der Waals surface area (Å²) in [5.41, 5.74) is 5.06. The maximum absolute atomic E-state index is 14.4. The minimum absolute atomic E-state index is 0.243. The van der Waals surface area contributed by atoms with Gasteiger partial charge in [-0.1, -0.05) is 0 Å². The average Bonchev–Trinajstić information content (AvgIpc) is 3.37. The van der Waals surface area contributed by atoms with Gasteiger partial charge in [0.1, 0.15) is 24.2 Å². The number of aromatic nitrogens is 5. The van der Waals surface area contributed by atoms with Gasteiger partial charge in [-0.05, 0) is 19.1 Å². The lowest BCUT2D eigenvalue weighted by Crippen LogP contribution is -2.09. The molecule has 3 aromatic heterocycles. The van der Waals surface area contributed by atoms with E-state index in [1.54, 1.807) is 31.0 Å². The normalized spacial score (nSPS) is 12.8. The van der Waals surface area contributed by atoms with E-state index in [1.165, 1.54) is 12.4 Å². The van der Waals surface area contributed by atoms with Crippen molar-refractivity contribution in [2.75, 3.05) is 11.9 Å². The van der Waals surface area contributed by atoms with Gasteiger partial charge in [-0.2, -0.15) is 0 Å². The van der Waals surface area contributed by atoms with E-state index in [1.807, 2.05) is 11.3 Å². The number of aryl methyl sites for hydroxylation is 1. The highest BCUT2D eigenvalue weighted by molar-refractivity contribution is 5.81. The van der Waals surface area contributed by atoms with Crippen molar-refractivity contribution in [2.45, 2.75) is 19.9 Å². The minimum atomic E-state index is -0.243. The van der Waals surface area contributed by atoms with Crippen LogP contribution in [0.5, 0.6) is 5.75 Å². The Balaban J connectivity index is 1.51. The molecule has 28 heavy (non-hydrogen) atoms. The molecule has 7 nitrogen and oxygen atoms in total. The first-order valence-corrected chi connectivity index (χ1v) is 8.97. The smallest absolute Gasteiger partial charge is 0.208 e. The quantitative estimate of drug-likeness (QED) is 0.589. The van der Waals surface area contributed by atoms with Crippen molar-refractivity contribution in [1.82, 2.24) is 24.3 Å². The van der Waals surface area contributed by atoms with Crippen LogP contribution in [0.4, 0.5) is 10.3 Å².